The summed E-state index contributed by atoms with van der Waals surface area (Å²) >= 11 is 7.79. The molecule has 1 amide bonds. The van der Waals surface area contributed by atoms with Crippen molar-refractivity contribution in [3.63, 3.8) is 0 Å². The maximum absolute atomic E-state index is 13.2. The highest BCUT2D eigenvalue weighted by Gasteiger charge is 2.52. The van der Waals surface area contributed by atoms with Crippen LogP contribution in [0.2, 0.25) is 5.02 Å². The topological polar surface area (TPSA) is 57.6 Å². The zero-order valence-electron chi connectivity index (χ0n) is 13.9. The molecule has 0 spiro atoms. The quantitative estimate of drug-likeness (QED) is 0.855. The van der Waals surface area contributed by atoms with Crippen molar-refractivity contribution in [3.05, 3.63) is 70.7 Å². The van der Waals surface area contributed by atoms with E-state index in [1.165, 1.54) is 11.8 Å². The van der Waals surface area contributed by atoms with Crippen molar-refractivity contribution in [1.82, 2.24) is 4.90 Å². The highest BCUT2D eigenvalue weighted by Crippen LogP contribution is 2.52. The lowest BCUT2D eigenvalue weighted by atomic mass is 10.1. The summed E-state index contributed by atoms with van der Waals surface area (Å²) in [5, 5.41) is 9.82. The molecule has 1 saturated carbocycles. The molecule has 1 heterocycles. The van der Waals surface area contributed by atoms with Crippen LogP contribution in [0.5, 0.6) is 0 Å². The van der Waals surface area contributed by atoms with Gasteiger partial charge in [-0.15, -0.1) is 11.8 Å². The molecular weight excluding hydrogens is 370 g/mol. The van der Waals surface area contributed by atoms with Crippen molar-refractivity contribution in [3.8, 4) is 0 Å². The molecule has 4 atom stereocenters. The van der Waals surface area contributed by atoms with Crippen molar-refractivity contribution in [2.75, 3.05) is 5.75 Å². The number of amides is 1. The van der Waals surface area contributed by atoms with Crippen LogP contribution in [0.3, 0.4) is 0 Å². The minimum atomic E-state index is -0.961. The Hall–Kier alpha value is -1.98. The molecule has 1 aliphatic heterocycles. The van der Waals surface area contributed by atoms with Crippen LogP contribution in [0, 0.1) is 5.92 Å². The predicted molar refractivity (Wildman–Crippen MR) is 102 cm³/mol. The first-order valence-electron chi connectivity index (χ1n) is 8.54. The van der Waals surface area contributed by atoms with E-state index in [-0.39, 0.29) is 23.1 Å². The van der Waals surface area contributed by atoms with Gasteiger partial charge in [-0.1, -0.05) is 60.1 Å². The average Bonchev–Trinajstić information content (AvgIpc) is 3.33. The Labute approximate surface area is 161 Å². The molecule has 0 aromatic heterocycles. The van der Waals surface area contributed by atoms with Crippen molar-refractivity contribution in [1.29, 1.82) is 0 Å². The van der Waals surface area contributed by atoms with Gasteiger partial charge in [-0.05, 0) is 24.0 Å². The van der Waals surface area contributed by atoms with Crippen LogP contribution in [0.4, 0.5) is 0 Å². The third-order valence-electron chi connectivity index (χ3n) is 5.05. The maximum Gasteiger partial charge on any atom is 0.327 e. The van der Waals surface area contributed by atoms with Gasteiger partial charge in [-0.25, -0.2) is 4.79 Å². The van der Waals surface area contributed by atoms with E-state index in [9.17, 15) is 14.7 Å². The molecule has 2 aliphatic rings. The summed E-state index contributed by atoms with van der Waals surface area (Å²) in [6, 6.07) is 16.5. The zero-order chi connectivity index (χ0) is 18.3. The Morgan fingerprint density at radius 2 is 1.77 bits per heavy atom. The molecule has 4 nitrogen and oxygen atoms in total. The zero-order valence-corrected chi connectivity index (χ0v) is 15.5. The number of benzene rings is 2. The maximum atomic E-state index is 13.2. The van der Waals surface area contributed by atoms with E-state index in [4.69, 9.17) is 11.6 Å². The number of carbonyl (C=O) groups excluding carboxylic acids is 1. The van der Waals surface area contributed by atoms with Gasteiger partial charge in [0.1, 0.15) is 11.4 Å². The van der Waals surface area contributed by atoms with E-state index < -0.39 is 12.0 Å². The fourth-order valence-electron chi connectivity index (χ4n) is 3.61. The number of carbonyl (C=O) groups is 2. The summed E-state index contributed by atoms with van der Waals surface area (Å²) in [6.07, 6.45) is 0.769. The van der Waals surface area contributed by atoms with Gasteiger partial charge in [0.2, 0.25) is 5.91 Å². The summed E-state index contributed by atoms with van der Waals surface area (Å²) in [7, 11) is 0. The molecule has 6 heteroatoms. The van der Waals surface area contributed by atoms with Crippen LogP contribution in [0.15, 0.2) is 54.6 Å². The largest absolute Gasteiger partial charge is 0.480 e. The normalized spacial score (nSPS) is 27.3. The first-order valence-corrected chi connectivity index (χ1v) is 9.96. The summed E-state index contributed by atoms with van der Waals surface area (Å²) in [6.45, 7) is 0. The first-order chi connectivity index (χ1) is 12.6. The molecule has 1 saturated heterocycles. The summed E-state index contributed by atoms with van der Waals surface area (Å²) in [5.74, 6) is -0.642. The van der Waals surface area contributed by atoms with Crippen LogP contribution >= 0.6 is 23.4 Å². The fourth-order valence-corrected chi connectivity index (χ4v) is 5.38. The Morgan fingerprint density at radius 1 is 1.08 bits per heavy atom. The lowest BCUT2D eigenvalue weighted by molar-refractivity contribution is -0.149. The number of carboxylic acid groups (broad SMARTS) is 1. The number of aliphatic carboxylic acids is 1. The highest BCUT2D eigenvalue weighted by atomic mass is 35.5. The second-order valence-corrected chi connectivity index (χ2v) is 8.19. The number of thioether (sulfide) groups is 1. The lowest BCUT2D eigenvalue weighted by Crippen LogP contribution is -2.43. The molecule has 0 bridgehead atoms. The van der Waals surface area contributed by atoms with Crippen molar-refractivity contribution in [2.24, 2.45) is 5.92 Å². The van der Waals surface area contributed by atoms with Gasteiger partial charge in [0.25, 0.3) is 0 Å². The SMILES string of the molecule is O=C(O)C1CSC(c2ccccc2Cl)N1C(=O)C1CC1c1ccccc1. The minimum Gasteiger partial charge on any atom is -0.480 e. The van der Waals surface area contributed by atoms with E-state index in [1.807, 2.05) is 48.5 Å². The van der Waals surface area contributed by atoms with E-state index in [0.29, 0.717) is 10.8 Å². The average molecular weight is 388 g/mol. The molecule has 2 aromatic rings. The molecule has 4 unspecified atom stereocenters. The first kappa shape index (κ1) is 17.4. The Bertz CT molecular complexity index is 844. The van der Waals surface area contributed by atoms with Crippen molar-refractivity contribution < 1.29 is 14.7 Å². The third kappa shape index (κ3) is 3.10. The van der Waals surface area contributed by atoms with E-state index in [2.05, 4.69) is 0 Å². The van der Waals surface area contributed by atoms with E-state index >= 15 is 0 Å². The van der Waals surface area contributed by atoms with Gasteiger partial charge in [0.15, 0.2) is 0 Å². The standard InChI is InChI=1S/C20H18ClNO3S/c21-16-9-5-4-8-13(16)19-22(17(11-26-19)20(24)25)18(23)15-10-14(15)12-6-2-1-3-7-12/h1-9,14-15,17,19H,10-11H2,(H,24,25). The number of carboxylic acids is 1. The number of hydrogen-bond acceptors (Lipinski definition) is 3. The second kappa shape index (κ2) is 6.97. The fraction of sp³-hybridized carbons (Fsp3) is 0.300. The molecule has 4 rings (SSSR count). The molecule has 2 fully saturated rings. The van der Waals surface area contributed by atoms with Gasteiger partial charge < -0.3 is 10.0 Å². The Balaban J connectivity index is 1.61. The van der Waals surface area contributed by atoms with Gasteiger partial charge in [-0.2, -0.15) is 0 Å². The second-order valence-electron chi connectivity index (χ2n) is 6.67. The van der Waals surface area contributed by atoms with Gasteiger partial charge in [0, 0.05) is 22.3 Å². The van der Waals surface area contributed by atoms with Gasteiger partial charge in [-0.3, -0.25) is 4.79 Å². The van der Waals surface area contributed by atoms with Crippen molar-refractivity contribution in [2.45, 2.75) is 23.8 Å². The summed E-state index contributed by atoms with van der Waals surface area (Å²) in [5.41, 5.74) is 1.94. The number of rotatable bonds is 4. The van der Waals surface area contributed by atoms with Crippen molar-refractivity contribution >= 4 is 35.2 Å². The van der Waals surface area contributed by atoms with Crippen LogP contribution < -0.4 is 0 Å². The molecule has 2 aromatic carbocycles. The minimum absolute atomic E-state index is 0.0822. The van der Waals surface area contributed by atoms with Crippen LogP contribution in [-0.2, 0) is 9.59 Å². The Morgan fingerprint density at radius 3 is 2.46 bits per heavy atom. The van der Waals surface area contributed by atoms with Crippen LogP contribution in [0.25, 0.3) is 0 Å². The number of halogens is 1. The number of nitrogens with zero attached hydrogens (tertiary/aromatic N) is 1. The monoisotopic (exact) mass is 387 g/mol. The molecular formula is C20H18ClNO3S. The summed E-state index contributed by atoms with van der Waals surface area (Å²) < 4.78 is 0. The predicted octanol–water partition coefficient (Wildman–Crippen LogP) is 4.17. The third-order valence-corrected chi connectivity index (χ3v) is 6.70. The van der Waals surface area contributed by atoms with Crippen LogP contribution in [0.1, 0.15) is 28.8 Å². The molecule has 1 N–H and O–H groups in total. The molecule has 1 aliphatic carbocycles. The van der Waals surface area contributed by atoms with Crippen LogP contribution in [-0.4, -0.2) is 33.7 Å². The Kier molecular flexibility index (Phi) is 4.67. The molecule has 26 heavy (non-hydrogen) atoms. The number of hydrogen-bond donors (Lipinski definition) is 1. The van der Waals surface area contributed by atoms with E-state index in [0.717, 1.165) is 17.5 Å². The van der Waals surface area contributed by atoms with Gasteiger partial charge in [0.05, 0.1) is 0 Å². The summed E-state index contributed by atoms with van der Waals surface area (Å²) in [4.78, 5) is 26.5. The van der Waals surface area contributed by atoms with E-state index in [1.54, 1.807) is 11.0 Å². The van der Waals surface area contributed by atoms with Gasteiger partial charge >= 0.3 is 5.97 Å². The smallest absolute Gasteiger partial charge is 0.327 e. The molecule has 134 valence electrons. The highest BCUT2D eigenvalue weighted by molar-refractivity contribution is 7.99. The molecule has 0 radical (unpaired) electrons. The lowest BCUT2D eigenvalue weighted by Gasteiger charge is -2.28.